The van der Waals surface area contributed by atoms with Gasteiger partial charge < -0.3 is 15.0 Å². The van der Waals surface area contributed by atoms with Gasteiger partial charge >= 0.3 is 0 Å². The molecule has 1 amide bonds. The maximum absolute atomic E-state index is 12.8. The van der Waals surface area contributed by atoms with Crippen LogP contribution in [0.4, 0.5) is 11.4 Å². The highest BCUT2D eigenvalue weighted by Crippen LogP contribution is 2.23. The maximum Gasteiger partial charge on any atom is 0.269 e. The molecule has 3 aromatic rings. The van der Waals surface area contributed by atoms with Crippen LogP contribution in [0.1, 0.15) is 18.4 Å². The monoisotopic (exact) mass is 418 g/mol. The molecule has 1 aliphatic heterocycles. The largest absolute Gasteiger partial charge is 0.497 e. The van der Waals surface area contributed by atoms with Gasteiger partial charge in [-0.1, -0.05) is 30.3 Å². The Kier molecular flexibility index (Phi) is 6.31. The Balaban J connectivity index is 1.41. The fourth-order valence-electron chi connectivity index (χ4n) is 3.82. The van der Waals surface area contributed by atoms with E-state index >= 15 is 0 Å². The van der Waals surface area contributed by atoms with Crippen LogP contribution in [-0.4, -0.2) is 35.9 Å². The fourth-order valence-corrected chi connectivity index (χ4v) is 3.82. The van der Waals surface area contributed by atoms with E-state index < -0.39 is 0 Å². The Bertz CT molecular complexity index is 1080. The average molecular weight is 418 g/mol. The number of amides is 1. The van der Waals surface area contributed by atoms with E-state index in [1.54, 1.807) is 19.4 Å². The number of aromatic nitrogens is 2. The van der Waals surface area contributed by atoms with Crippen LogP contribution in [0.5, 0.6) is 5.75 Å². The standard InChI is InChI=1S/C24H26N4O3/c1-31-22-11-9-20(10-12-22)26-24(30)19-8-5-13-27(17-19)21-14-23(29)28(25-15-21)16-18-6-3-2-4-7-18/h2-4,6-7,9-12,14-15,19H,5,8,13,16-17H2,1H3,(H,26,30)/t19-/m1/s1. The van der Waals surface area contributed by atoms with Gasteiger partial charge in [-0.2, -0.15) is 5.10 Å². The van der Waals surface area contributed by atoms with Crippen LogP contribution >= 0.6 is 0 Å². The normalized spacial score (nSPS) is 16.0. The number of methoxy groups -OCH3 is 1. The van der Waals surface area contributed by atoms with E-state index in [4.69, 9.17) is 4.74 Å². The summed E-state index contributed by atoms with van der Waals surface area (Å²) in [5.74, 6) is 0.583. The number of ether oxygens (including phenoxy) is 1. The highest BCUT2D eigenvalue weighted by Gasteiger charge is 2.26. The molecule has 1 aliphatic rings. The van der Waals surface area contributed by atoms with Gasteiger partial charge in [-0.05, 0) is 42.7 Å². The maximum atomic E-state index is 12.8. The summed E-state index contributed by atoms with van der Waals surface area (Å²) in [6, 6.07) is 18.7. The zero-order valence-corrected chi connectivity index (χ0v) is 17.5. The molecule has 1 saturated heterocycles. The van der Waals surface area contributed by atoms with Crippen molar-refractivity contribution in [2.24, 2.45) is 5.92 Å². The SMILES string of the molecule is COc1ccc(NC(=O)[C@@H]2CCCN(c3cnn(Cc4ccccc4)c(=O)c3)C2)cc1. The first-order chi connectivity index (χ1) is 15.1. The van der Waals surface area contributed by atoms with Crippen LogP contribution in [0.3, 0.4) is 0 Å². The summed E-state index contributed by atoms with van der Waals surface area (Å²) >= 11 is 0. The van der Waals surface area contributed by atoms with Crippen molar-refractivity contribution in [1.29, 1.82) is 0 Å². The summed E-state index contributed by atoms with van der Waals surface area (Å²) in [5, 5.41) is 7.33. The molecule has 0 bridgehead atoms. The summed E-state index contributed by atoms with van der Waals surface area (Å²) in [6.07, 6.45) is 3.42. The quantitative estimate of drug-likeness (QED) is 0.666. The smallest absolute Gasteiger partial charge is 0.269 e. The van der Waals surface area contributed by atoms with Gasteiger partial charge in [0.15, 0.2) is 0 Å². The van der Waals surface area contributed by atoms with E-state index in [1.807, 2.05) is 54.6 Å². The van der Waals surface area contributed by atoms with Crippen LogP contribution < -0.4 is 20.5 Å². The molecular formula is C24H26N4O3. The third-order valence-electron chi connectivity index (χ3n) is 5.55. The van der Waals surface area contributed by atoms with Gasteiger partial charge in [0.25, 0.3) is 5.56 Å². The molecule has 160 valence electrons. The van der Waals surface area contributed by atoms with Crippen molar-refractivity contribution in [1.82, 2.24) is 9.78 Å². The first kappa shape index (κ1) is 20.7. The molecule has 1 aromatic heterocycles. The molecule has 7 heteroatoms. The predicted octanol–water partition coefficient (Wildman–Crippen LogP) is 3.16. The molecule has 1 N–H and O–H groups in total. The van der Waals surface area contributed by atoms with E-state index in [1.165, 1.54) is 4.68 Å². The molecule has 1 atom stereocenters. The Morgan fingerprint density at radius 1 is 1.16 bits per heavy atom. The number of hydrogen-bond acceptors (Lipinski definition) is 5. The predicted molar refractivity (Wildman–Crippen MR) is 121 cm³/mol. The highest BCUT2D eigenvalue weighted by molar-refractivity contribution is 5.93. The second-order valence-electron chi connectivity index (χ2n) is 7.70. The average Bonchev–Trinajstić information content (AvgIpc) is 2.81. The molecular weight excluding hydrogens is 392 g/mol. The van der Waals surface area contributed by atoms with Crippen molar-refractivity contribution in [2.75, 3.05) is 30.4 Å². The van der Waals surface area contributed by atoms with Crippen LogP contribution in [0.25, 0.3) is 0 Å². The van der Waals surface area contributed by atoms with E-state index in [9.17, 15) is 9.59 Å². The zero-order valence-electron chi connectivity index (χ0n) is 17.5. The third kappa shape index (κ3) is 5.12. The van der Waals surface area contributed by atoms with Crippen molar-refractivity contribution in [3.63, 3.8) is 0 Å². The van der Waals surface area contributed by atoms with E-state index in [0.29, 0.717) is 13.1 Å². The number of piperidine rings is 1. The lowest BCUT2D eigenvalue weighted by Gasteiger charge is -2.33. The van der Waals surface area contributed by atoms with Crippen molar-refractivity contribution in [3.05, 3.63) is 82.8 Å². The Morgan fingerprint density at radius 2 is 1.94 bits per heavy atom. The summed E-state index contributed by atoms with van der Waals surface area (Å²) in [4.78, 5) is 27.4. The minimum atomic E-state index is -0.150. The first-order valence-corrected chi connectivity index (χ1v) is 10.4. The topological polar surface area (TPSA) is 76.5 Å². The molecule has 0 unspecified atom stereocenters. The second-order valence-corrected chi connectivity index (χ2v) is 7.70. The third-order valence-corrected chi connectivity index (χ3v) is 5.55. The van der Waals surface area contributed by atoms with Crippen LogP contribution in [-0.2, 0) is 11.3 Å². The van der Waals surface area contributed by atoms with E-state index in [0.717, 1.165) is 42.1 Å². The number of rotatable bonds is 6. The molecule has 7 nitrogen and oxygen atoms in total. The molecule has 4 rings (SSSR count). The fraction of sp³-hybridized carbons (Fsp3) is 0.292. The number of nitrogens with one attached hydrogen (secondary N) is 1. The lowest BCUT2D eigenvalue weighted by atomic mass is 9.96. The highest BCUT2D eigenvalue weighted by atomic mass is 16.5. The Labute approximate surface area is 181 Å². The lowest BCUT2D eigenvalue weighted by molar-refractivity contribution is -0.120. The van der Waals surface area contributed by atoms with Crippen LogP contribution in [0, 0.1) is 5.92 Å². The number of nitrogens with zero attached hydrogens (tertiary/aromatic N) is 3. The first-order valence-electron chi connectivity index (χ1n) is 10.4. The van der Waals surface area contributed by atoms with Gasteiger partial charge in [0.05, 0.1) is 31.5 Å². The molecule has 2 heterocycles. The summed E-state index contributed by atoms with van der Waals surface area (Å²) < 4.78 is 6.61. The minimum Gasteiger partial charge on any atom is -0.497 e. The van der Waals surface area contributed by atoms with Gasteiger partial charge in [0.2, 0.25) is 5.91 Å². The number of anilines is 2. The van der Waals surface area contributed by atoms with Gasteiger partial charge in [0, 0.05) is 24.8 Å². The molecule has 0 saturated carbocycles. The molecule has 2 aromatic carbocycles. The number of hydrogen-bond donors (Lipinski definition) is 1. The molecule has 0 spiro atoms. The summed E-state index contributed by atoms with van der Waals surface area (Å²) in [7, 11) is 1.61. The minimum absolute atomic E-state index is 0.0137. The van der Waals surface area contributed by atoms with Crippen LogP contribution in [0.2, 0.25) is 0 Å². The van der Waals surface area contributed by atoms with Gasteiger partial charge in [-0.3, -0.25) is 9.59 Å². The molecule has 31 heavy (non-hydrogen) atoms. The van der Waals surface area contributed by atoms with Crippen molar-refractivity contribution in [2.45, 2.75) is 19.4 Å². The molecule has 1 fully saturated rings. The Morgan fingerprint density at radius 3 is 2.65 bits per heavy atom. The number of carbonyl (C=O) groups is 1. The van der Waals surface area contributed by atoms with Gasteiger partial charge in [-0.25, -0.2) is 4.68 Å². The van der Waals surface area contributed by atoms with E-state index in [2.05, 4.69) is 15.3 Å². The molecule has 0 aliphatic carbocycles. The van der Waals surface area contributed by atoms with Crippen molar-refractivity contribution >= 4 is 17.3 Å². The summed E-state index contributed by atoms with van der Waals surface area (Å²) in [6.45, 7) is 1.80. The van der Waals surface area contributed by atoms with E-state index in [-0.39, 0.29) is 17.4 Å². The van der Waals surface area contributed by atoms with Gasteiger partial charge in [0.1, 0.15) is 5.75 Å². The van der Waals surface area contributed by atoms with Crippen molar-refractivity contribution in [3.8, 4) is 5.75 Å². The number of carbonyl (C=O) groups excluding carboxylic acids is 1. The second kappa shape index (κ2) is 9.47. The zero-order chi connectivity index (χ0) is 21.6. The summed E-state index contributed by atoms with van der Waals surface area (Å²) in [5.41, 5.74) is 2.38. The lowest BCUT2D eigenvalue weighted by Crippen LogP contribution is -2.41. The van der Waals surface area contributed by atoms with Crippen LogP contribution in [0.15, 0.2) is 71.7 Å². The Hall–Kier alpha value is -3.61. The molecule has 0 radical (unpaired) electrons. The van der Waals surface area contributed by atoms with Crippen molar-refractivity contribution < 1.29 is 9.53 Å². The van der Waals surface area contributed by atoms with Gasteiger partial charge in [-0.15, -0.1) is 0 Å². The number of benzene rings is 2.